The van der Waals surface area contributed by atoms with Crippen molar-refractivity contribution in [2.45, 2.75) is 31.1 Å². The summed E-state index contributed by atoms with van der Waals surface area (Å²) in [5.41, 5.74) is 1.99. The lowest BCUT2D eigenvalue weighted by Crippen LogP contribution is -2.50. The molecule has 1 aliphatic heterocycles. The van der Waals surface area contributed by atoms with Crippen LogP contribution in [0.5, 0.6) is 0 Å². The van der Waals surface area contributed by atoms with E-state index in [-0.39, 0.29) is 5.91 Å². The van der Waals surface area contributed by atoms with E-state index in [1.807, 2.05) is 60.7 Å². The zero-order chi connectivity index (χ0) is 19.9. The van der Waals surface area contributed by atoms with E-state index in [0.29, 0.717) is 19.4 Å². The summed E-state index contributed by atoms with van der Waals surface area (Å²) in [5, 5.41) is 14.4. The van der Waals surface area contributed by atoms with Crippen LogP contribution in [0.1, 0.15) is 11.1 Å². The smallest absolute Gasteiger partial charge is 0.336 e. The van der Waals surface area contributed by atoms with Crippen molar-refractivity contribution in [3.63, 3.8) is 0 Å². The molecule has 7 heteroatoms. The van der Waals surface area contributed by atoms with Gasteiger partial charge in [0.05, 0.1) is 0 Å². The van der Waals surface area contributed by atoms with Gasteiger partial charge in [0, 0.05) is 13.0 Å². The van der Waals surface area contributed by atoms with Gasteiger partial charge in [-0.2, -0.15) is 0 Å². The van der Waals surface area contributed by atoms with Gasteiger partial charge in [0.15, 0.2) is 12.2 Å². The Morgan fingerprint density at radius 2 is 1.54 bits per heavy atom. The number of aliphatic carboxylic acids is 1. The first-order valence-corrected chi connectivity index (χ1v) is 9.09. The van der Waals surface area contributed by atoms with Crippen molar-refractivity contribution in [1.29, 1.82) is 0 Å². The first kappa shape index (κ1) is 19.6. The van der Waals surface area contributed by atoms with E-state index in [4.69, 9.17) is 9.84 Å². The summed E-state index contributed by atoms with van der Waals surface area (Å²) in [6.45, 7) is 0.432. The zero-order valence-electron chi connectivity index (χ0n) is 15.2. The quantitative estimate of drug-likeness (QED) is 0.559. The molecule has 1 aliphatic rings. The maximum absolute atomic E-state index is 12.6. The molecule has 2 aromatic rings. The van der Waals surface area contributed by atoms with E-state index in [1.54, 1.807) is 0 Å². The molecule has 146 valence electrons. The van der Waals surface area contributed by atoms with Crippen molar-refractivity contribution in [3.05, 3.63) is 71.8 Å². The molecule has 3 atom stereocenters. The number of hydrogen-bond acceptors (Lipinski definition) is 4. The topological polar surface area (TPSA) is 108 Å². The molecule has 1 unspecified atom stereocenters. The van der Waals surface area contributed by atoms with E-state index in [1.165, 1.54) is 0 Å². The van der Waals surface area contributed by atoms with Gasteiger partial charge >= 0.3 is 5.97 Å². The number of carbonyl (C=O) groups excluding carboxylic acids is 2. The van der Waals surface area contributed by atoms with Crippen molar-refractivity contribution in [2.24, 2.45) is 0 Å². The Balaban J connectivity index is 1.59. The number of ether oxygens (including phenoxy) is 1. The first-order chi connectivity index (χ1) is 13.5. The van der Waals surface area contributed by atoms with Crippen LogP contribution >= 0.6 is 0 Å². The van der Waals surface area contributed by atoms with Gasteiger partial charge in [-0.3, -0.25) is 9.59 Å². The Labute approximate surface area is 162 Å². The number of amides is 2. The summed E-state index contributed by atoms with van der Waals surface area (Å²) in [5.74, 6) is -2.10. The molecule has 3 rings (SSSR count). The third-order valence-electron chi connectivity index (χ3n) is 4.46. The molecule has 7 nitrogen and oxygen atoms in total. The fraction of sp³-hybridized carbons (Fsp3) is 0.286. The molecular formula is C21H22N2O5. The van der Waals surface area contributed by atoms with Crippen LogP contribution in [-0.2, 0) is 32.0 Å². The molecule has 28 heavy (non-hydrogen) atoms. The largest absolute Gasteiger partial charge is 0.479 e. The summed E-state index contributed by atoms with van der Waals surface area (Å²) in [6.07, 6.45) is -1.22. The van der Waals surface area contributed by atoms with Crippen molar-refractivity contribution >= 4 is 17.8 Å². The molecule has 0 radical (unpaired) electrons. The molecular weight excluding hydrogens is 360 g/mol. The van der Waals surface area contributed by atoms with Crippen LogP contribution in [-0.4, -0.2) is 47.7 Å². The van der Waals surface area contributed by atoms with Gasteiger partial charge in [-0.15, -0.1) is 0 Å². The molecule has 0 saturated carbocycles. The highest BCUT2D eigenvalue weighted by Gasteiger charge is 2.51. The summed E-state index contributed by atoms with van der Waals surface area (Å²) in [7, 11) is 0. The standard InChI is InChI=1S/C21H22N2O5/c24-19(22-12-11-14-7-3-1-4-8-14)16(13-15-9-5-2-6-10-15)23-20(25)17-18(28-17)21(26)27/h1-10,16-18H,11-13H2,(H,22,24)(H,23,25)(H,26,27)/t16?,17-,18-/m0/s1. The lowest BCUT2D eigenvalue weighted by atomic mass is 10.0. The minimum Gasteiger partial charge on any atom is -0.479 e. The zero-order valence-corrected chi connectivity index (χ0v) is 15.2. The second kappa shape index (κ2) is 9.14. The summed E-state index contributed by atoms with van der Waals surface area (Å²) < 4.78 is 4.87. The summed E-state index contributed by atoms with van der Waals surface area (Å²) in [6, 6.07) is 18.2. The van der Waals surface area contributed by atoms with Crippen molar-refractivity contribution in [2.75, 3.05) is 6.54 Å². The van der Waals surface area contributed by atoms with Gasteiger partial charge in [0.2, 0.25) is 5.91 Å². The monoisotopic (exact) mass is 382 g/mol. The predicted molar refractivity (Wildman–Crippen MR) is 102 cm³/mol. The first-order valence-electron chi connectivity index (χ1n) is 9.09. The number of nitrogens with one attached hydrogen (secondary N) is 2. The van der Waals surface area contributed by atoms with Crippen LogP contribution < -0.4 is 10.6 Å². The Morgan fingerprint density at radius 3 is 2.11 bits per heavy atom. The van der Waals surface area contributed by atoms with Crippen LogP contribution in [0.15, 0.2) is 60.7 Å². The van der Waals surface area contributed by atoms with Crippen LogP contribution in [0.4, 0.5) is 0 Å². The Bertz CT molecular complexity index is 825. The average molecular weight is 382 g/mol. The molecule has 2 amide bonds. The maximum atomic E-state index is 12.6. The summed E-state index contributed by atoms with van der Waals surface area (Å²) in [4.78, 5) is 35.8. The highest BCUT2D eigenvalue weighted by Crippen LogP contribution is 2.22. The normalized spacial score (nSPS) is 18.7. The van der Waals surface area contributed by atoms with Crippen LogP contribution in [0.25, 0.3) is 0 Å². The van der Waals surface area contributed by atoms with Gasteiger partial charge in [0.1, 0.15) is 6.04 Å². The highest BCUT2D eigenvalue weighted by molar-refractivity contribution is 5.95. The van der Waals surface area contributed by atoms with Gasteiger partial charge in [-0.05, 0) is 17.5 Å². The molecule has 0 spiro atoms. The molecule has 1 heterocycles. The fourth-order valence-corrected chi connectivity index (χ4v) is 2.91. The molecule has 1 fully saturated rings. The van der Waals surface area contributed by atoms with E-state index < -0.39 is 30.1 Å². The Morgan fingerprint density at radius 1 is 0.929 bits per heavy atom. The van der Waals surface area contributed by atoms with Crippen LogP contribution in [0, 0.1) is 0 Å². The molecule has 0 aromatic heterocycles. The van der Waals surface area contributed by atoms with Crippen molar-refractivity contribution in [1.82, 2.24) is 10.6 Å². The van der Waals surface area contributed by atoms with E-state index in [0.717, 1.165) is 11.1 Å². The highest BCUT2D eigenvalue weighted by atomic mass is 16.6. The summed E-state index contributed by atoms with van der Waals surface area (Å²) >= 11 is 0. The van der Waals surface area contributed by atoms with E-state index >= 15 is 0 Å². The predicted octanol–water partition coefficient (Wildman–Crippen LogP) is 0.925. The number of carboxylic acids is 1. The number of carbonyl (C=O) groups is 3. The minimum atomic E-state index is -1.19. The van der Waals surface area contributed by atoms with Gasteiger partial charge < -0.3 is 20.5 Å². The minimum absolute atomic E-state index is 0.300. The average Bonchev–Trinajstić information content (AvgIpc) is 3.50. The molecule has 2 aromatic carbocycles. The van der Waals surface area contributed by atoms with Crippen LogP contribution in [0.3, 0.4) is 0 Å². The number of carboxylic acid groups (broad SMARTS) is 1. The molecule has 0 bridgehead atoms. The van der Waals surface area contributed by atoms with Gasteiger partial charge in [-0.1, -0.05) is 60.7 Å². The number of epoxide rings is 1. The second-order valence-electron chi connectivity index (χ2n) is 6.59. The number of rotatable bonds is 9. The van der Waals surface area contributed by atoms with Gasteiger partial charge in [0.25, 0.3) is 5.91 Å². The number of benzene rings is 2. The van der Waals surface area contributed by atoms with Crippen molar-refractivity contribution < 1.29 is 24.2 Å². The third kappa shape index (κ3) is 5.40. The fourth-order valence-electron chi connectivity index (χ4n) is 2.91. The maximum Gasteiger partial charge on any atom is 0.336 e. The third-order valence-corrected chi connectivity index (χ3v) is 4.46. The van der Waals surface area contributed by atoms with E-state index in [2.05, 4.69) is 10.6 Å². The van der Waals surface area contributed by atoms with E-state index in [9.17, 15) is 14.4 Å². The molecule has 3 N–H and O–H groups in total. The molecule has 1 saturated heterocycles. The lowest BCUT2D eigenvalue weighted by molar-refractivity contribution is -0.138. The lowest BCUT2D eigenvalue weighted by Gasteiger charge is -2.18. The van der Waals surface area contributed by atoms with Crippen LogP contribution in [0.2, 0.25) is 0 Å². The SMILES string of the molecule is O=C(NCCc1ccccc1)C(Cc1ccccc1)NC(=O)[C@H]1O[C@@H]1C(=O)O. The van der Waals surface area contributed by atoms with Crippen molar-refractivity contribution in [3.8, 4) is 0 Å². The van der Waals surface area contributed by atoms with Gasteiger partial charge in [-0.25, -0.2) is 4.79 Å². The second-order valence-corrected chi connectivity index (χ2v) is 6.59. The number of hydrogen-bond donors (Lipinski definition) is 3. The Hall–Kier alpha value is -3.19. The Kier molecular flexibility index (Phi) is 6.39. The molecule has 0 aliphatic carbocycles.